The minimum Gasteiger partial charge on any atom is -0.380 e. The molecule has 0 aliphatic heterocycles. The van der Waals surface area contributed by atoms with E-state index >= 15 is 0 Å². The van der Waals surface area contributed by atoms with Crippen LogP contribution in [0.2, 0.25) is 5.15 Å². The first kappa shape index (κ1) is 14.7. The normalized spacial score (nSPS) is 15.9. The van der Waals surface area contributed by atoms with Gasteiger partial charge in [-0.05, 0) is 30.9 Å². The highest BCUT2D eigenvalue weighted by molar-refractivity contribution is 7.89. The second kappa shape index (κ2) is 6.17. The number of likely N-dealkylation sites (N-methyl/N-ethyl adjacent to an activating group) is 1. The van der Waals surface area contributed by atoms with E-state index in [4.69, 9.17) is 16.3 Å². The van der Waals surface area contributed by atoms with E-state index < -0.39 is 10.0 Å². The third kappa shape index (κ3) is 4.14. The van der Waals surface area contributed by atoms with Crippen molar-refractivity contribution < 1.29 is 13.2 Å². The lowest BCUT2D eigenvalue weighted by atomic mass is 10.5. The number of halogens is 1. The van der Waals surface area contributed by atoms with Crippen LogP contribution in [0.15, 0.2) is 23.2 Å². The van der Waals surface area contributed by atoms with E-state index in [1.54, 1.807) is 0 Å². The number of pyridine rings is 1. The molecule has 1 aromatic heterocycles. The molecular formula is C12H17ClN2O3S. The van der Waals surface area contributed by atoms with Crippen LogP contribution in [-0.4, -0.2) is 44.5 Å². The van der Waals surface area contributed by atoms with Crippen molar-refractivity contribution in [3.8, 4) is 0 Å². The van der Waals surface area contributed by atoms with Gasteiger partial charge in [-0.1, -0.05) is 11.6 Å². The quantitative estimate of drug-likeness (QED) is 0.569. The highest BCUT2D eigenvalue weighted by Crippen LogP contribution is 2.28. The van der Waals surface area contributed by atoms with Crippen molar-refractivity contribution in [3.05, 3.63) is 23.5 Å². The molecular weight excluding hydrogens is 288 g/mol. The van der Waals surface area contributed by atoms with Gasteiger partial charge in [-0.25, -0.2) is 13.4 Å². The van der Waals surface area contributed by atoms with Gasteiger partial charge in [0.25, 0.3) is 0 Å². The first-order valence-corrected chi connectivity index (χ1v) is 7.97. The Bertz CT molecular complexity index is 532. The molecule has 1 saturated carbocycles. The third-order valence-electron chi connectivity index (χ3n) is 3.01. The van der Waals surface area contributed by atoms with Crippen molar-refractivity contribution in [2.45, 2.75) is 17.7 Å². The average Bonchev–Trinajstić information content (AvgIpc) is 3.18. The van der Waals surface area contributed by atoms with Gasteiger partial charge in [0, 0.05) is 26.4 Å². The maximum atomic E-state index is 12.2. The number of rotatable bonds is 7. The molecule has 0 unspecified atom stereocenters. The topological polar surface area (TPSA) is 59.5 Å². The van der Waals surface area contributed by atoms with Crippen LogP contribution in [0.3, 0.4) is 0 Å². The van der Waals surface area contributed by atoms with Gasteiger partial charge in [-0.3, -0.25) is 0 Å². The Morgan fingerprint density at radius 2 is 2.26 bits per heavy atom. The zero-order valence-electron chi connectivity index (χ0n) is 10.8. The smallest absolute Gasteiger partial charge is 0.243 e. The van der Waals surface area contributed by atoms with Crippen molar-refractivity contribution in [1.82, 2.24) is 9.29 Å². The second-order valence-corrected chi connectivity index (χ2v) is 7.09. The maximum absolute atomic E-state index is 12.2. The van der Waals surface area contributed by atoms with Gasteiger partial charge in [0.15, 0.2) is 0 Å². The van der Waals surface area contributed by atoms with Crippen LogP contribution < -0.4 is 0 Å². The SMILES string of the molecule is CN(CCOCC1CC1)S(=O)(=O)c1ccnc(Cl)c1. The van der Waals surface area contributed by atoms with Gasteiger partial charge in [-0.15, -0.1) is 0 Å². The molecule has 1 aliphatic carbocycles. The highest BCUT2D eigenvalue weighted by atomic mass is 35.5. The molecule has 7 heteroatoms. The molecule has 2 rings (SSSR count). The zero-order valence-corrected chi connectivity index (χ0v) is 12.3. The largest absolute Gasteiger partial charge is 0.380 e. The number of hydrogen-bond acceptors (Lipinski definition) is 4. The van der Waals surface area contributed by atoms with Crippen molar-refractivity contribution in [2.75, 3.05) is 26.8 Å². The van der Waals surface area contributed by atoms with Crippen LogP contribution in [0.4, 0.5) is 0 Å². The summed E-state index contributed by atoms with van der Waals surface area (Å²) in [6.07, 6.45) is 3.83. The molecule has 0 spiro atoms. The van der Waals surface area contributed by atoms with E-state index in [2.05, 4.69) is 4.98 Å². The van der Waals surface area contributed by atoms with Crippen molar-refractivity contribution in [3.63, 3.8) is 0 Å². The van der Waals surface area contributed by atoms with E-state index in [9.17, 15) is 8.42 Å². The summed E-state index contributed by atoms with van der Waals surface area (Å²) in [7, 11) is -1.99. The molecule has 19 heavy (non-hydrogen) atoms. The highest BCUT2D eigenvalue weighted by Gasteiger charge is 2.23. The van der Waals surface area contributed by atoms with Crippen LogP contribution in [0, 0.1) is 5.92 Å². The Morgan fingerprint density at radius 1 is 1.53 bits per heavy atom. The van der Waals surface area contributed by atoms with Crippen molar-refractivity contribution in [2.24, 2.45) is 5.92 Å². The summed E-state index contributed by atoms with van der Waals surface area (Å²) in [6, 6.07) is 2.78. The van der Waals surface area contributed by atoms with Crippen LogP contribution >= 0.6 is 11.6 Å². The predicted molar refractivity (Wildman–Crippen MR) is 72.6 cm³/mol. The fraction of sp³-hybridized carbons (Fsp3) is 0.583. The second-order valence-electron chi connectivity index (χ2n) is 4.66. The molecule has 0 bridgehead atoms. The lowest BCUT2D eigenvalue weighted by molar-refractivity contribution is 0.117. The Kier molecular flexibility index (Phi) is 4.78. The number of nitrogens with zero attached hydrogens (tertiary/aromatic N) is 2. The molecule has 1 aliphatic rings. The van der Waals surface area contributed by atoms with Crippen LogP contribution in [0.25, 0.3) is 0 Å². The lowest BCUT2D eigenvalue weighted by Gasteiger charge is -2.17. The summed E-state index contributed by atoms with van der Waals surface area (Å²) in [6.45, 7) is 1.47. The van der Waals surface area contributed by atoms with Crippen LogP contribution in [0.5, 0.6) is 0 Å². The fourth-order valence-electron chi connectivity index (χ4n) is 1.57. The van der Waals surface area contributed by atoms with E-state index in [0.717, 1.165) is 6.61 Å². The Morgan fingerprint density at radius 3 is 2.89 bits per heavy atom. The lowest BCUT2D eigenvalue weighted by Crippen LogP contribution is -2.30. The first-order chi connectivity index (χ1) is 9.00. The Hall–Kier alpha value is -0.690. The molecule has 0 aromatic carbocycles. The molecule has 5 nitrogen and oxygen atoms in total. The monoisotopic (exact) mass is 304 g/mol. The standard InChI is InChI=1S/C12H17ClN2O3S/c1-15(6-7-18-9-10-2-3-10)19(16,17)11-4-5-14-12(13)8-11/h4-5,8,10H,2-3,6-7,9H2,1H3. The van der Waals surface area contributed by atoms with E-state index in [0.29, 0.717) is 19.1 Å². The van der Waals surface area contributed by atoms with Gasteiger partial charge in [-0.2, -0.15) is 4.31 Å². The van der Waals surface area contributed by atoms with Gasteiger partial charge < -0.3 is 4.74 Å². The van der Waals surface area contributed by atoms with Gasteiger partial charge in [0.05, 0.1) is 11.5 Å². The van der Waals surface area contributed by atoms with Gasteiger partial charge in [0.2, 0.25) is 10.0 Å². The van der Waals surface area contributed by atoms with Gasteiger partial charge in [0.1, 0.15) is 5.15 Å². The number of sulfonamides is 1. The molecule has 1 aromatic rings. The van der Waals surface area contributed by atoms with Gasteiger partial charge >= 0.3 is 0 Å². The Balaban J connectivity index is 1.90. The first-order valence-electron chi connectivity index (χ1n) is 6.16. The fourth-order valence-corrected chi connectivity index (χ4v) is 2.98. The molecule has 1 fully saturated rings. The zero-order chi connectivity index (χ0) is 13.9. The number of aromatic nitrogens is 1. The van der Waals surface area contributed by atoms with E-state index in [1.165, 1.54) is 42.5 Å². The summed E-state index contributed by atoms with van der Waals surface area (Å²) in [5.41, 5.74) is 0. The van der Waals surface area contributed by atoms with E-state index in [1.807, 2.05) is 0 Å². The minimum atomic E-state index is -3.52. The number of ether oxygens (including phenoxy) is 1. The molecule has 0 atom stereocenters. The van der Waals surface area contributed by atoms with Crippen LogP contribution in [0.1, 0.15) is 12.8 Å². The minimum absolute atomic E-state index is 0.150. The third-order valence-corrected chi connectivity index (χ3v) is 5.07. The number of hydrogen-bond donors (Lipinski definition) is 0. The molecule has 1 heterocycles. The summed E-state index contributed by atoms with van der Waals surface area (Å²) >= 11 is 5.71. The average molecular weight is 305 g/mol. The predicted octanol–water partition coefficient (Wildman–Crippen LogP) is 1.78. The van der Waals surface area contributed by atoms with E-state index in [-0.39, 0.29) is 10.0 Å². The molecule has 0 N–H and O–H groups in total. The van der Waals surface area contributed by atoms with Crippen molar-refractivity contribution in [1.29, 1.82) is 0 Å². The summed E-state index contributed by atoms with van der Waals surface area (Å²) in [5, 5.41) is 0.166. The summed E-state index contributed by atoms with van der Waals surface area (Å²) in [5.74, 6) is 0.681. The summed E-state index contributed by atoms with van der Waals surface area (Å²) < 4.78 is 31.1. The molecule has 0 radical (unpaired) electrons. The maximum Gasteiger partial charge on any atom is 0.243 e. The van der Waals surface area contributed by atoms with Crippen molar-refractivity contribution >= 4 is 21.6 Å². The Labute approximate surface area is 118 Å². The molecule has 106 valence electrons. The van der Waals surface area contributed by atoms with Crippen LogP contribution in [-0.2, 0) is 14.8 Å². The molecule has 0 saturated heterocycles. The molecule has 0 amide bonds. The summed E-state index contributed by atoms with van der Waals surface area (Å²) in [4.78, 5) is 3.92.